The average molecular weight is 202 g/mol. The second kappa shape index (κ2) is 4.24. The molecule has 0 aromatic rings. The Hall–Kier alpha value is -0.350. The van der Waals surface area contributed by atoms with E-state index in [1.165, 1.54) is 0 Å². The molecule has 13 heavy (non-hydrogen) atoms. The molecule has 1 aliphatic rings. The summed E-state index contributed by atoms with van der Waals surface area (Å²) >= 11 is 1.15. The molecule has 4 heteroatoms. The summed E-state index contributed by atoms with van der Waals surface area (Å²) in [6, 6.07) is 0. The van der Waals surface area contributed by atoms with Crippen molar-refractivity contribution in [2.75, 3.05) is 7.11 Å². The maximum Gasteiger partial charge on any atom is 0.200 e. The highest BCUT2D eigenvalue weighted by Crippen LogP contribution is 2.32. The van der Waals surface area contributed by atoms with Crippen molar-refractivity contribution in [3.05, 3.63) is 0 Å². The molecule has 74 valence electrons. The molecule has 0 N–H and O–H groups in total. The molecule has 1 rings (SSSR count). The Kier molecular flexibility index (Phi) is 3.50. The van der Waals surface area contributed by atoms with Crippen LogP contribution in [0, 0.1) is 5.92 Å². The Bertz CT molecular complexity index is 227. The second-order valence-electron chi connectivity index (χ2n) is 3.32. The summed E-state index contributed by atoms with van der Waals surface area (Å²) in [7, 11) is 1.59. The minimum Gasteiger partial charge on any atom is -0.382 e. The van der Waals surface area contributed by atoms with Gasteiger partial charge in [-0.05, 0) is 20.3 Å². The van der Waals surface area contributed by atoms with Crippen LogP contribution in [0.3, 0.4) is 0 Å². The zero-order chi connectivity index (χ0) is 10.0. The first-order chi connectivity index (χ1) is 6.06. The molecule has 1 aliphatic heterocycles. The van der Waals surface area contributed by atoms with Crippen molar-refractivity contribution in [1.82, 2.24) is 0 Å². The molecule has 0 aromatic carbocycles. The lowest BCUT2D eigenvalue weighted by atomic mass is 9.97. The van der Waals surface area contributed by atoms with Crippen molar-refractivity contribution in [1.29, 1.82) is 0 Å². The summed E-state index contributed by atoms with van der Waals surface area (Å²) in [6.45, 7) is 3.65. The van der Waals surface area contributed by atoms with Gasteiger partial charge in [-0.1, -0.05) is 11.8 Å². The third-order valence-corrected chi connectivity index (χ3v) is 3.39. The summed E-state index contributed by atoms with van der Waals surface area (Å²) in [5, 5.41) is -0.164. The molecule has 1 fully saturated rings. The van der Waals surface area contributed by atoms with Gasteiger partial charge in [-0.25, -0.2) is 0 Å². The van der Waals surface area contributed by atoms with Gasteiger partial charge in [0.25, 0.3) is 0 Å². The van der Waals surface area contributed by atoms with Gasteiger partial charge in [0.2, 0.25) is 0 Å². The molecule has 0 saturated carbocycles. The Morgan fingerprint density at radius 2 is 2.15 bits per heavy atom. The molecule has 0 aliphatic carbocycles. The highest BCUT2D eigenvalue weighted by Gasteiger charge is 2.39. The monoisotopic (exact) mass is 202 g/mol. The number of ketones is 1. The molecule has 3 unspecified atom stereocenters. The average Bonchev–Trinajstić information content (AvgIpc) is 2.32. The predicted octanol–water partition coefficient (Wildman–Crippen LogP) is 1.26. The number of Topliss-reactive ketones (excluding diaryl/α,β-unsaturated/α-hetero) is 1. The lowest BCUT2D eigenvalue weighted by Crippen LogP contribution is -2.23. The van der Waals surface area contributed by atoms with E-state index < -0.39 is 5.92 Å². The van der Waals surface area contributed by atoms with Crippen molar-refractivity contribution in [3.8, 4) is 0 Å². The third-order valence-electron chi connectivity index (χ3n) is 2.29. The van der Waals surface area contributed by atoms with Crippen LogP contribution >= 0.6 is 11.8 Å². The molecular formula is C9H14O3S. The van der Waals surface area contributed by atoms with Gasteiger partial charge in [0, 0.05) is 7.11 Å². The van der Waals surface area contributed by atoms with Crippen LogP contribution in [-0.4, -0.2) is 29.4 Å². The quantitative estimate of drug-likeness (QED) is 0.646. The van der Waals surface area contributed by atoms with Crippen LogP contribution in [0.25, 0.3) is 0 Å². The lowest BCUT2D eigenvalue weighted by Gasteiger charge is -2.12. The predicted molar refractivity (Wildman–Crippen MR) is 51.6 cm³/mol. The van der Waals surface area contributed by atoms with Crippen LogP contribution in [0.5, 0.6) is 0 Å². The Balaban J connectivity index is 2.59. The zero-order valence-electron chi connectivity index (χ0n) is 8.07. The minimum atomic E-state index is -0.435. The molecular weight excluding hydrogens is 188 g/mol. The fourth-order valence-corrected chi connectivity index (χ4v) is 2.36. The number of carbonyl (C=O) groups excluding carboxylic acids is 2. The van der Waals surface area contributed by atoms with Gasteiger partial charge in [-0.15, -0.1) is 0 Å². The largest absolute Gasteiger partial charge is 0.382 e. The standard InChI is InChI=1S/C9H14O3S/c1-5(12-3)4-7-8(10)6(2)13-9(7)11/h5-7H,4H2,1-3H3. The van der Waals surface area contributed by atoms with Crippen molar-refractivity contribution in [2.24, 2.45) is 5.92 Å². The van der Waals surface area contributed by atoms with Gasteiger partial charge >= 0.3 is 0 Å². The molecule has 0 bridgehead atoms. The molecule has 0 radical (unpaired) electrons. The fraction of sp³-hybridized carbons (Fsp3) is 0.778. The third kappa shape index (κ3) is 2.31. The fourth-order valence-electron chi connectivity index (χ4n) is 1.35. The minimum absolute atomic E-state index is 0.00130. The molecule has 0 amide bonds. The van der Waals surface area contributed by atoms with E-state index in [2.05, 4.69) is 0 Å². The number of hydrogen-bond acceptors (Lipinski definition) is 4. The van der Waals surface area contributed by atoms with Crippen molar-refractivity contribution >= 4 is 22.7 Å². The first-order valence-electron chi connectivity index (χ1n) is 4.33. The van der Waals surface area contributed by atoms with E-state index in [-0.39, 0.29) is 22.3 Å². The van der Waals surface area contributed by atoms with E-state index in [9.17, 15) is 9.59 Å². The molecule has 0 aromatic heterocycles. The molecule has 1 saturated heterocycles. The topological polar surface area (TPSA) is 43.4 Å². The highest BCUT2D eigenvalue weighted by atomic mass is 32.2. The van der Waals surface area contributed by atoms with E-state index in [4.69, 9.17) is 4.74 Å². The van der Waals surface area contributed by atoms with E-state index in [0.717, 1.165) is 11.8 Å². The van der Waals surface area contributed by atoms with Crippen LogP contribution in [0.15, 0.2) is 0 Å². The summed E-state index contributed by atoms with van der Waals surface area (Å²) in [5.74, 6) is -0.381. The van der Waals surface area contributed by atoms with Gasteiger partial charge in [-0.2, -0.15) is 0 Å². The zero-order valence-corrected chi connectivity index (χ0v) is 8.89. The molecule has 1 heterocycles. The first kappa shape index (κ1) is 10.7. The van der Waals surface area contributed by atoms with E-state index in [1.807, 2.05) is 6.92 Å². The number of carbonyl (C=O) groups is 2. The van der Waals surface area contributed by atoms with E-state index in [1.54, 1.807) is 14.0 Å². The summed E-state index contributed by atoms with van der Waals surface area (Å²) < 4.78 is 5.03. The normalized spacial score (nSPS) is 31.0. The smallest absolute Gasteiger partial charge is 0.200 e. The lowest BCUT2D eigenvalue weighted by molar-refractivity contribution is -0.127. The molecule has 0 spiro atoms. The Morgan fingerprint density at radius 1 is 1.54 bits per heavy atom. The number of ether oxygens (including phenoxy) is 1. The van der Waals surface area contributed by atoms with Crippen molar-refractivity contribution < 1.29 is 14.3 Å². The van der Waals surface area contributed by atoms with Gasteiger partial charge in [0.1, 0.15) is 0 Å². The van der Waals surface area contributed by atoms with Gasteiger partial charge in [-0.3, -0.25) is 9.59 Å². The summed E-state index contributed by atoms with van der Waals surface area (Å²) in [5.41, 5.74) is 0. The Morgan fingerprint density at radius 3 is 2.54 bits per heavy atom. The van der Waals surface area contributed by atoms with E-state index in [0.29, 0.717) is 6.42 Å². The van der Waals surface area contributed by atoms with Crippen LogP contribution in [0.1, 0.15) is 20.3 Å². The number of thioether (sulfide) groups is 1. The number of methoxy groups -OCH3 is 1. The summed E-state index contributed by atoms with van der Waals surface area (Å²) in [6.07, 6.45) is 0.495. The van der Waals surface area contributed by atoms with Gasteiger partial charge < -0.3 is 4.74 Å². The number of rotatable bonds is 3. The van der Waals surface area contributed by atoms with Crippen molar-refractivity contribution in [3.63, 3.8) is 0 Å². The van der Waals surface area contributed by atoms with Crippen LogP contribution in [0.2, 0.25) is 0 Å². The van der Waals surface area contributed by atoms with Crippen LogP contribution < -0.4 is 0 Å². The SMILES string of the molecule is COC(C)CC1C(=O)SC(C)C1=O. The van der Waals surface area contributed by atoms with Crippen LogP contribution in [-0.2, 0) is 14.3 Å². The van der Waals surface area contributed by atoms with E-state index >= 15 is 0 Å². The van der Waals surface area contributed by atoms with Crippen molar-refractivity contribution in [2.45, 2.75) is 31.6 Å². The first-order valence-corrected chi connectivity index (χ1v) is 5.21. The van der Waals surface area contributed by atoms with Crippen LogP contribution in [0.4, 0.5) is 0 Å². The molecule has 3 nitrogen and oxygen atoms in total. The number of hydrogen-bond donors (Lipinski definition) is 0. The Labute approximate surface area is 82.2 Å². The summed E-state index contributed by atoms with van der Waals surface area (Å²) in [4.78, 5) is 22.8. The maximum absolute atomic E-state index is 11.5. The molecule has 3 atom stereocenters. The van der Waals surface area contributed by atoms with Gasteiger partial charge in [0.05, 0.1) is 17.3 Å². The van der Waals surface area contributed by atoms with Gasteiger partial charge in [0.15, 0.2) is 10.9 Å². The highest BCUT2D eigenvalue weighted by molar-refractivity contribution is 8.15. The second-order valence-corrected chi connectivity index (χ2v) is 4.66. The maximum atomic E-state index is 11.5.